The molecule has 1 fully saturated rings. The molecule has 1 amide bonds. The van der Waals surface area contributed by atoms with Gasteiger partial charge in [-0.15, -0.1) is 0 Å². The molecule has 1 aliphatic heterocycles. The first kappa shape index (κ1) is 16.0. The van der Waals surface area contributed by atoms with Crippen molar-refractivity contribution < 1.29 is 13.2 Å². The van der Waals surface area contributed by atoms with Crippen molar-refractivity contribution in [3.8, 4) is 0 Å². The number of halogens is 1. The smallest absolute Gasteiger partial charge is 0.258 e. The van der Waals surface area contributed by atoms with Gasteiger partial charge in [-0.25, -0.2) is 8.42 Å². The zero-order valence-corrected chi connectivity index (χ0v) is 13.9. The van der Waals surface area contributed by atoms with Crippen molar-refractivity contribution in [3.63, 3.8) is 0 Å². The third-order valence-corrected chi connectivity index (χ3v) is 5.92. The minimum Gasteiger partial charge on any atom is -0.304 e. The Labute approximate surface area is 140 Å². The standard InChI is InChI=1S/C17H16ClNO3S/c18-14-6-8-15(9-7-14)19(16-10-11-23(21,22)12-16)17(20)13-4-2-1-3-5-13/h1-9,16H,10-12H2/t16-/m1/s1. The lowest BCUT2D eigenvalue weighted by Crippen LogP contribution is -2.41. The zero-order chi connectivity index (χ0) is 16.4. The Hall–Kier alpha value is -1.85. The van der Waals surface area contributed by atoms with Gasteiger partial charge in [-0.05, 0) is 42.8 Å². The van der Waals surface area contributed by atoms with Crippen LogP contribution in [0.15, 0.2) is 54.6 Å². The molecule has 1 aliphatic rings. The van der Waals surface area contributed by atoms with Crippen molar-refractivity contribution in [1.29, 1.82) is 0 Å². The first-order valence-electron chi connectivity index (χ1n) is 7.31. The van der Waals surface area contributed by atoms with E-state index in [1.807, 2.05) is 6.07 Å². The summed E-state index contributed by atoms with van der Waals surface area (Å²) in [5.41, 5.74) is 1.19. The average molecular weight is 350 g/mol. The van der Waals surface area contributed by atoms with Gasteiger partial charge in [0.2, 0.25) is 0 Å². The number of carbonyl (C=O) groups excluding carboxylic acids is 1. The second-order valence-corrected chi connectivity index (χ2v) is 8.24. The van der Waals surface area contributed by atoms with Crippen molar-refractivity contribution in [3.05, 3.63) is 65.2 Å². The van der Waals surface area contributed by atoms with Gasteiger partial charge in [0, 0.05) is 16.3 Å². The van der Waals surface area contributed by atoms with Crippen LogP contribution in [0.5, 0.6) is 0 Å². The van der Waals surface area contributed by atoms with Crippen molar-refractivity contribution in [2.45, 2.75) is 12.5 Å². The molecule has 0 aliphatic carbocycles. The molecule has 4 nitrogen and oxygen atoms in total. The Kier molecular flexibility index (Phi) is 4.41. The Morgan fingerprint density at radius 1 is 1.04 bits per heavy atom. The van der Waals surface area contributed by atoms with Crippen LogP contribution in [0.3, 0.4) is 0 Å². The number of hydrogen-bond donors (Lipinski definition) is 0. The van der Waals surface area contributed by atoms with E-state index in [1.165, 1.54) is 0 Å². The first-order valence-corrected chi connectivity index (χ1v) is 9.51. The van der Waals surface area contributed by atoms with Crippen LogP contribution in [-0.2, 0) is 9.84 Å². The summed E-state index contributed by atoms with van der Waals surface area (Å²) < 4.78 is 23.7. The summed E-state index contributed by atoms with van der Waals surface area (Å²) in [5, 5.41) is 0.569. The summed E-state index contributed by atoms with van der Waals surface area (Å²) in [6.07, 6.45) is 0.448. The maximum absolute atomic E-state index is 12.9. The Morgan fingerprint density at radius 3 is 2.26 bits per heavy atom. The number of amides is 1. The highest BCUT2D eigenvalue weighted by molar-refractivity contribution is 7.91. The Balaban J connectivity index is 2.00. The molecule has 0 bridgehead atoms. The average Bonchev–Trinajstić information content (AvgIpc) is 2.90. The number of carbonyl (C=O) groups is 1. The number of benzene rings is 2. The van der Waals surface area contributed by atoms with E-state index in [1.54, 1.807) is 53.4 Å². The van der Waals surface area contributed by atoms with Gasteiger partial charge in [0.1, 0.15) is 0 Å². The summed E-state index contributed by atoms with van der Waals surface area (Å²) in [6, 6.07) is 15.4. The highest BCUT2D eigenvalue weighted by Gasteiger charge is 2.35. The lowest BCUT2D eigenvalue weighted by atomic mass is 10.1. The molecule has 1 atom stereocenters. The predicted molar refractivity (Wildman–Crippen MR) is 91.8 cm³/mol. The third-order valence-electron chi connectivity index (χ3n) is 3.92. The van der Waals surface area contributed by atoms with Crippen LogP contribution in [-0.4, -0.2) is 31.9 Å². The van der Waals surface area contributed by atoms with Crippen LogP contribution < -0.4 is 4.90 Å². The van der Waals surface area contributed by atoms with Gasteiger partial charge in [-0.3, -0.25) is 4.79 Å². The fourth-order valence-corrected chi connectivity index (χ4v) is 4.62. The van der Waals surface area contributed by atoms with E-state index in [-0.39, 0.29) is 23.5 Å². The summed E-state index contributed by atoms with van der Waals surface area (Å²) in [7, 11) is -3.09. The predicted octanol–water partition coefficient (Wildman–Crippen LogP) is 3.17. The van der Waals surface area contributed by atoms with Crippen LogP contribution in [0.2, 0.25) is 5.02 Å². The van der Waals surface area contributed by atoms with Gasteiger partial charge in [-0.2, -0.15) is 0 Å². The first-order chi connectivity index (χ1) is 11.0. The fourth-order valence-electron chi connectivity index (χ4n) is 2.79. The lowest BCUT2D eigenvalue weighted by Gasteiger charge is -2.28. The molecule has 0 saturated carbocycles. The van der Waals surface area contributed by atoms with E-state index in [0.717, 1.165) is 0 Å². The summed E-state index contributed by atoms with van der Waals surface area (Å²) in [5.74, 6) is -0.0899. The molecule has 2 aromatic carbocycles. The van der Waals surface area contributed by atoms with E-state index in [4.69, 9.17) is 11.6 Å². The second-order valence-electron chi connectivity index (χ2n) is 5.57. The monoisotopic (exact) mass is 349 g/mol. The van der Waals surface area contributed by atoms with Crippen LogP contribution in [0, 0.1) is 0 Å². The number of nitrogens with zero attached hydrogens (tertiary/aromatic N) is 1. The van der Waals surface area contributed by atoms with Gasteiger partial charge in [0.05, 0.1) is 17.5 Å². The molecule has 0 radical (unpaired) electrons. The van der Waals surface area contributed by atoms with Crippen LogP contribution >= 0.6 is 11.6 Å². The highest BCUT2D eigenvalue weighted by atomic mass is 35.5. The molecule has 120 valence electrons. The Bertz CT molecular complexity index is 803. The molecule has 23 heavy (non-hydrogen) atoms. The van der Waals surface area contributed by atoms with Crippen LogP contribution in [0.4, 0.5) is 5.69 Å². The topological polar surface area (TPSA) is 54.5 Å². The van der Waals surface area contributed by atoms with Gasteiger partial charge >= 0.3 is 0 Å². The summed E-state index contributed by atoms with van der Waals surface area (Å²) in [4.78, 5) is 14.5. The number of sulfone groups is 1. The van der Waals surface area contributed by atoms with E-state index >= 15 is 0 Å². The minimum absolute atomic E-state index is 0.00575. The number of anilines is 1. The maximum Gasteiger partial charge on any atom is 0.258 e. The molecule has 0 N–H and O–H groups in total. The normalized spacial score (nSPS) is 19.4. The van der Waals surface area contributed by atoms with Gasteiger partial charge in [-0.1, -0.05) is 29.8 Å². The molecule has 1 heterocycles. The molecule has 2 aromatic rings. The van der Waals surface area contributed by atoms with Gasteiger partial charge < -0.3 is 4.90 Å². The highest BCUT2D eigenvalue weighted by Crippen LogP contribution is 2.27. The van der Waals surface area contributed by atoms with Crippen molar-refractivity contribution >= 4 is 33.0 Å². The maximum atomic E-state index is 12.9. The van der Waals surface area contributed by atoms with E-state index in [0.29, 0.717) is 22.7 Å². The molecule has 1 saturated heterocycles. The number of rotatable bonds is 3. The third kappa shape index (κ3) is 3.57. The lowest BCUT2D eigenvalue weighted by molar-refractivity contribution is 0.0979. The summed E-state index contributed by atoms with van der Waals surface area (Å²) in [6.45, 7) is 0. The van der Waals surface area contributed by atoms with E-state index in [2.05, 4.69) is 0 Å². The zero-order valence-electron chi connectivity index (χ0n) is 12.4. The SMILES string of the molecule is O=C(c1ccccc1)N(c1ccc(Cl)cc1)[C@@H]1CCS(=O)(=O)C1. The van der Waals surface area contributed by atoms with Gasteiger partial charge in [0.25, 0.3) is 5.91 Å². The van der Waals surface area contributed by atoms with Crippen molar-refractivity contribution in [2.75, 3.05) is 16.4 Å². The molecule has 0 aromatic heterocycles. The van der Waals surface area contributed by atoms with E-state index < -0.39 is 9.84 Å². The van der Waals surface area contributed by atoms with Gasteiger partial charge in [0.15, 0.2) is 9.84 Å². The number of hydrogen-bond acceptors (Lipinski definition) is 3. The van der Waals surface area contributed by atoms with Crippen molar-refractivity contribution in [2.24, 2.45) is 0 Å². The molecular weight excluding hydrogens is 334 g/mol. The molecule has 6 heteroatoms. The quantitative estimate of drug-likeness (QED) is 0.855. The molecule has 0 spiro atoms. The van der Waals surface area contributed by atoms with Crippen molar-refractivity contribution in [1.82, 2.24) is 0 Å². The molecular formula is C17H16ClNO3S. The fraction of sp³-hybridized carbons (Fsp3) is 0.235. The second kappa shape index (κ2) is 6.34. The Morgan fingerprint density at radius 2 is 1.70 bits per heavy atom. The largest absolute Gasteiger partial charge is 0.304 e. The molecule has 0 unspecified atom stereocenters. The van der Waals surface area contributed by atoms with Crippen LogP contribution in [0.25, 0.3) is 0 Å². The molecule has 3 rings (SSSR count). The minimum atomic E-state index is -3.09. The summed E-state index contributed by atoms with van der Waals surface area (Å²) >= 11 is 5.92. The van der Waals surface area contributed by atoms with E-state index in [9.17, 15) is 13.2 Å². The van der Waals surface area contributed by atoms with Crippen LogP contribution in [0.1, 0.15) is 16.8 Å².